The van der Waals surface area contributed by atoms with E-state index in [9.17, 15) is 14.4 Å². The van der Waals surface area contributed by atoms with Gasteiger partial charge in [-0.15, -0.1) is 0 Å². The zero-order valence-corrected chi connectivity index (χ0v) is 18.9. The molecular formula is C22H35N3O5. The molecule has 1 aliphatic rings. The van der Waals surface area contributed by atoms with E-state index < -0.39 is 12.1 Å². The number of nitrogens with one attached hydrogen (secondary N) is 2. The fourth-order valence-corrected chi connectivity index (χ4v) is 3.38. The van der Waals surface area contributed by atoms with Crippen molar-refractivity contribution < 1.29 is 23.5 Å². The molecule has 4 atom stereocenters. The van der Waals surface area contributed by atoms with Crippen molar-refractivity contribution in [2.75, 3.05) is 27.2 Å². The molecule has 0 radical (unpaired) electrons. The maximum atomic E-state index is 13.1. The van der Waals surface area contributed by atoms with Gasteiger partial charge < -0.3 is 24.7 Å². The van der Waals surface area contributed by atoms with Crippen LogP contribution in [0.15, 0.2) is 16.7 Å². The van der Waals surface area contributed by atoms with Crippen molar-refractivity contribution in [3.8, 4) is 0 Å². The second-order valence-corrected chi connectivity index (χ2v) is 8.77. The van der Waals surface area contributed by atoms with Gasteiger partial charge in [0.15, 0.2) is 5.78 Å². The van der Waals surface area contributed by atoms with E-state index >= 15 is 0 Å². The molecule has 0 bridgehead atoms. The first-order chi connectivity index (χ1) is 14.1. The zero-order chi connectivity index (χ0) is 22.4. The third kappa shape index (κ3) is 6.40. The van der Waals surface area contributed by atoms with Gasteiger partial charge in [0.05, 0.1) is 17.9 Å². The lowest BCUT2D eigenvalue weighted by molar-refractivity contribution is -0.128. The van der Waals surface area contributed by atoms with Gasteiger partial charge in [-0.05, 0) is 51.8 Å². The molecule has 1 saturated heterocycles. The van der Waals surface area contributed by atoms with E-state index in [-0.39, 0.29) is 36.2 Å². The molecule has 8 heteroatoms. The molecule has 1 aliphatic heterocycles. The average molecular weight is 422 g/mol. The number of amides is 2. The van der Waals surface area contributed by atoms with E-state index in [1.165, 1.54) is 6.26 Å². The molecule has 168 valence electrons. The summed E-state index contributed by atoms with van der Waals surface area (Å²) in [6.07, 6.45) is 2.19. The molecular weight excluding hydrogens is 386 g/mol. The molecule has 3 unspecified atom stereocenters. The highest BCUT2D eigenvalue weighted by Gasteiger charge is 2.38. The summed E-state index contributed by atoms with van der Waals surface area (Å²) >= 11 is 0. The van der Waals surface area contributed by atoms with Gasteiger partial charge >= 0.3 is 0 Å². The Kier molecular flexibility index (Phi) is 8.61. The fourth-order valence-electron chi connectivity index (χ4n) is 3.38. The van der Waals surface area contributed by atoms with Gasteiger partial charge in [-0.25, -0.2) is 0 Å². The Morgan fingerprint density at radius 2 is 1.97 bits per heavy atom. The van der Waals surface area contributed by atoms with Gasteiger partial charge in [0.2, 0.25) is 5.91 Å². The minimum atomic E-state index is -0.757. The second kappa shape index (κ2) is 10.7. The van der Waals surface area contributed by atoms with E-state index in [1.54, 1.807) is 13.0 Å². The number of hydrogen-bond acceptors (Lipinski definition) is 6. The second-order valence-electron chi connectivity index (χ2n) is 8.77. The number of aryl methyl sites for hydroxylation is 1. The fraction of sp³-hybridized carbons (Fsp3) is 0.682. The van der Waals surface area contributed by atoms with Gasteiger partial charge in [0, 0.05) is 6.54 Å². The van der Waals surface area contributed by atoms with Crippen LogP contribution < -0.4 is 10.6 Å². The van der Waals surface area contributed by atoms with E-state index in [0.29, 0.717) is 30.1 Å². The Labute approximate surface area is 178 Å². The van der Waals surface area contributed by atoms with E-state index in [4.69, 9.17) is 9.15 Å². The predicted molar refractivity (Wildman–Crippen MR) is 113 cm³/mol. The summed E-state index contributed by atoms with van der Waals surface area (Å²) in [6.45, 7) is 8.64. The number of ether oxygens (including phenoxy) is 1. The molecule has 2 heterocycles. The number of rotatable bonds is 10. The van der Waals surface area contributed by atoms with Crippen LogP contribution in [-0.4, -0.2) is 67.9 Å². The van der Waals surface area contributed by atoms with Crippen LogP contribution >= 0.6 is 0 Å². The topological polar surface area (TPSA) is 101 Å². The number of carbonyl (C=O) groups is 3. The Bertz CT molecular complexity index is 743. The SMILES string of the molecule is Cc1occc1C(=O)N[C@@H](CC(C)C(C)C)C(=O)NC1C(=O)COC1CCN(C)C. The summed E-state index contributed by atoms with van der Waals surface area (Å²) < 4.78 is 10.8. The maximum Gasteiger partial charge on any atom is 0.255 e. The minimum Gasteiger partial charge on any atom is -0.469 e. The maximum absolute atomic E-state index is 13.1. The first-order valence-electron chi connectivity index (χ1n) is 10.5. The Hall–Kier alpha value is -2.19. The lowest BCUT2D eigenvalue weighted by Crippen LogP contribution is -2.54. The minimum absolute atomic E-state index is 0.00329. The van der Waals surface area contributed by atoms with Crippen molar-refractivity contribution in [2.45, 2.75) is 58.7 Å². The van der Waals surface area contributed by atoms with Crippen molar-refractivity contribution in [2.24, 2.45) is 11.8 Å². The molecule has 1 aromatic rings. The molecule has 0 spiro atoms. The third-order valence-corrected chi connectivity index (χ3v) is 5.79. The van der Waals surface area contributed by atoms with Crippen LogP contribution in [0.2, 0.25) is 0 Å². The summed E-state index contributed by atoms with van der Waals surface area (Å²) in [5, 5.41) is 5.67. The van der Waals surface area contributed by atoms with Gasteiger partial charge in [-0.3, -0.25) is 14.4 Å². The Balaban J connectivity index is 2.11. The highest BCUT2D eigenvalue weighted by molar-refractivity contribution is 5.99. The van der Waals surface area contributed by atoms with Crippen LogP contribution in [0.5, 0.6) is 0 Å². The van der Waals surface area contributed by atoms with Crippen LogP contribution in [0.1, 0.15) is 49.7 Å². The quantitative estimate of drug-likeness (QED) is 0.597. The van der Waals surface area contributed by atoms with Crippen LogP contribution in [0, 0.1) is 18.8 Å². The van der Waals surface area contributed by atoms with Crippen molar-refractivity contribution in [3.63, 3.8) is 0 Å². The standard InChI is InChI=1S/C22H35N3O5/c1-13(2)14(3)11-17(23-21(27)16-8-10-29-15(16)4)22(28)24-20-18(26)12-30-19(20)7-9-25(5)6/h8,10,13-14,17,19-20H,7,9,11-12H2,1-6H3,(H,23,27)(H,24,28)/t14?,17-,19?,20?/m0/s1. The summed E-state index contributed by atoms with van der Waals surface area (Å²) in [4.78, 5) is 40.1. The van der Waals surface area contributed by atoms with E-state index in [2.05, 4.69) is 24.5 Å². The predicted octanol–water partition coefficient (Wildman–Crippen LogP) is 1.77. The number of carbonyl (C=O) groups excluding carboxylic acids is 3. The number of Topliss-reactive ketones (excluding diaryl/α,β-unsaturated/α-hetero) is 1. The first-order valence-corrected chi connectivity index (χ1v) is 10.5. The molecule has 0 aromatic carbocycles. The molecule has 0 aliphatic carbocycles. The number of nitrogens with zero attached hydrogens (tertiary/aromatic N) is 1. The first kappa shape index (κ1) is 24.1. The van der Waals surface area contributed by atoms with Crippen LogP contribution in [-0.2, 0) is 14.3 Å². The largest absolute Gasteiger partial charge is 0.469 e. The summed E-state index contributed by atoms with van der Waals surface area (Å²) in [5.41, 5.74) is 0.397. The van der Waals surface area contributed by atoms with Gasteiger partial charge in [-0.1, -0.05) is 20.8 Å². The van der Waals surface area contributed by atoms with Gasteiger partial charge in [0.25, 0.3) is 5.91 Å². The summed E-state index contributed by atoms with van der Waals surface area (Å²) in [6, 6.07) is 0.130. The molecule has 2 amide bonds. The van der Waals surface area contributed by atoms with Crippen LogP contribution in [0.4, 0.5) is 0 Å². The smallest absolute Gasteiger partial charge is 0.255 e. The lowest BCUT2D eigenvalue weighted by atomic mass is 9.90. The van der Waals surface area contributed by atoms with E-state index in [0.717, 1.165) is 6.54 Å². The highest BCUT2D eigenvalue weighted by Crippen LogP contribution is 2.19. The zero-order valence-electron chi connectivity index (χ0n) is 18.9. The molecule has 1 fully saturated rings. The highest BCUT2D eigenvalue weighted by atomic mass is 16.5. The molecule has 0 saturated carbocycles. The Morgan fingerprint density at radius 1 is 1.27 bits per heavy atom. The van der Waals surface area contributed by atoms with Gasteiger partial charge in [0.1, 0.15) is 24.5 Å². The summed E-state index contributed by atoms with van der Waals surface area (Å²) in [7, 11) is 3.89. The average Bonchev–Trinajstić information content (AvgIpc) is 3.25. The van der Waals surface area contributed by atoms with Gasteiger partial charge in [-0.2, -0.15) is 0 Å². The molecule has 8 nitrogen and oxygen atoms in total. The molecule has 2 N–H and O–H groups in total. The summed E-state index contributed by atoms with van der Waals surface area (Å²) in [5.74, 6) is 0.168. The molecule has 1 aromatic heterocycles. The van der Waals surface area contributed by atoms with Crippen molar-refractivity contribution >= 4 is 17.6 Å². The normalized spacial score (nSPS) is 21.1. The lowest BCUT2D eigenvalue weighted by Gasteiger charge is -2.26. The van der Waals surface area contributed by atoms with Crippen LogP contribution in [0.25, 0.3) is 0 Å². The Morgan fingerprint density at radius 3 is 2.53 bits per heavy atom. The van der Waals surface area contributed by atoms with E-state index in [1.807, 2.05) is 25.9 Å². The molecule has 2 rings (SSSR count). The van der Waals surface area contributed by atoms with Crippen molar-refractivity contribution in [3.05, 3.63) is 23.7 Å². The molecule has 30 heavy (non-hydrogen) atoms. The monoisotopic (exact) mass is 421 g/mol. The number of hydrogen-bond donors (Lipinski definition) is 2. The van der Waals surface area contributed by atoms with Crippen LogP contribution in [0.3, 0.4) is 0 Å². The number of furan rings is 1. The number of ketones is 1. The van der Waals surface area contributed by atoms with Crippen molar-refractivity contribution in [1.29, 1.82) is 0 Å². The third-order valence-electron chi connectivity index (χ3n) is 5.79. The van der Waals surface area contributed by atoms with Crippen molar-refractivity contribution in [1.82, 2.24) is 15.5 Å².